The second-order valence-electron chi connectivity index (χ2n) is 5.02. The second-order valence-corrected chi connectivity index (χ2v) is 5.02. The first-order valence-corrected chi connectivity index (χ1v) is 7.00. The first-order chi connectivity index (χ1) is 10.3. The molecule has 0 spiro atoms. The maximum atomic E-state index is 12.6. The number of aromatic nitrogens is 2. The summed E-state index contributed by atoms with van der Waals surface area (Å²) < 4.78 is 5.18. The lowest BCUT2D eigenvalue weighted by Crippen LogP contribution is -2.31. The summed E-state index contributed by atoms with van der Waals surface area (Å²) in [6.07, 6.45) is 6.61. The van der Waals surface area contributed by atoms with E-state index in [1.807, 2.05) is 29.2 Å². The van der Waals surface area contributed by atoms with Gasteiger partial charge in [-0.1, -0.05) is 12.1 Å². The van der Waals surface area contributed by atoms with Crippen LogP contribution in [0.4, 0.5) is 0 Å². The van der Waals surface area contributed by atoms with Crippen molar-refractivity contribution in [1.29, 1.82) is 0 Å². The fraction of sp³-hybridized carbons (Fsp3) is 0.312. The molecule has 0 bridgehead atoms. The molecule has 0 saturated carbocycles. The van der Waals surface area contributed by atoms with Gasteiger partial charge >= 0.3 is 0 Å². The molecular weight excluding hydrogens is 266 g/mol. The predicted molar refractivity (Wildman–Crippen MR) is 78.0 cm³/mol. The molecule has 0 radical (unpaired) electrons. The van der Waals surface area contributed by atoms with Crippen LogP contribution in [0.15, 0.2) is 42.9 Å². The van der Waals surface area contributed by atoms with Crippen molar-refractivity contribution in [2.45, 2.75) is 18.9 Å². The topological polar surface area (TPSA) is 55.3 Å². The van der Waals surface area contributed by atoms with Crippen molar-refractivity contribution >= 4 is 5.91 Å². The Hall–Kier alpha value is -2.43. The molecule has 1 unspecified atom stereocenters. The first-order valence-electron chi connectivity index (χ1n) is 7.00. The lowest BCUT2D eigenvalue weighted by Gasteiger charge is -2.24. The Labute approximate surface area is 123 Å². The van der Waals surface area contributed by atoms with Gasteiger partial charge in [-0.05, 0) is 30.5 Å². The molecule has 5 heteroatoms. The van der Waals surface area contributed by atoms with Gasteiger partial charge in [0, 0.05) is 18.9 Å². The summed E-state index contributed by atoms with van der Waals surface area (Å²) in [4.78, 5) is 22.5. The third-order valence-electron chi connectivity index (χ3n) is 3.80. The maximum Gasteiger partial charge on any atom is 0.274 e. The normalized spacial score (nSPS) is 17.8. The smallest absolute Gasteiger partial charge is 0.274 e. The summed E-state index contributed by atoms with van der Waals surface area (Å²) in [7, 11) is 1.65. The minimum absolute atomic E-state index is 0.0542. The summed E-state index contributed by atoms with van der Waals surface area (Å²) in [6, 6.07) is 8.00. The maximum absolute atomic E-state index is 12.6. The largest absolute Gasteiger partial charge is 0.497 e. The van der Waals surface area contributed by atoms with Gasteiger partial charge in [-0.15, -0.1) is 0 Å². The van der Waals surface area contributed by atoms with Crippen LogP contribution in [0.2, 0.25) is 0 Å². The van der Waals surface area contributed by atoms with E-state index in [4.69, 9.17) is 4.74 Å². The lowest BCUT2D eigenvalue weighted by atomic mass is 10.0. The monoisotopic (exact) mass is 283 g/mol. The SMILES string of the molecule is COc1ccc(C2CCCN2C(=O)c2cnccn2)cc1. The highest BCUT2D eigenvalue weighted by Crippen LogP contribution is 2.33. The van der Waals surface area contributed by atoms with Crippen molar-refractivity contribution in [3.05, 3.63) is 54.1 Å². The van der Waals surface area contributed by atoms with Crippen LogP contribution in [0, 0.1) is 0 Å². The molecule has 1 saturated heterocycles. The van der Waals surface area contributed by atoms with Gasteiger partial charge in [0.05, 0.1) is 19.3 Å². The van der Waals surface area contributed by atoms with E-state index in [2.05, 4.69) is 9.97 Å². The van der Waals surface area contributed by atoms with E-state index in [0.29, 0.717) is 5.69 Å². The number of benzene rings is 1. The summed E-state index contributed by atoms with van der Waals surface area (Å²) in [5.41, 5.74) is 1.53. The molecule has 3 rings (SSSR count). The van der Waals surface area contributed by atoms with Crippen molar-refractivity contribution in [3.63, 3.8) is 0 Å². The number of hydrogen-bond donors (Lipinski definition) is 0. The van der Waals surface area contributed by atoms with Crippen molar-refractivity contribution in [3.8, 4) is 5.75 Å². The van der Waals surface area contributed by atoms with E-state index in [0.717, 1.165) is 30.7 Å². The highest BCUT2D eigenvalue weighted by molar-refractivity contribution is 5.92. The highest BCUT2D eigenvalue weighted by Gasteiger charge is 2.31. The van der Waals surface area contributed by atoms with Gasteiger partial charge in [-0.25, -0.2) is 4.98 Å². The second kappa shape index (κ2) is 5.91. The summed E-state index contributed by atoms with van der Waals surface area (Å²) in [5, 5.41) is 0. The first kappa shape index (κ1) is 13.5. The van der Waals surface area contributed by atoms with Crippen LogP contribution < -0.4 is 4.74 Å². The number of amides is 1. The van der Waals surface area contributed by atoms with Crippen LogP contribution in [0.1, 0.15) is 34.9 Å². The van der Waals surface area contributed by atoms with E-state index in [1.165, 1.54) is 6.20 Å². The highest BCUT2D eigenvalue weighted by atomic mass is 16.5. The Balaban J connectivity index is 1.83. The van der Waals surface area contributed by atoms with Crippen molar-refractivity contribution in [1.82, 2.24) is 14.9 Å². The predicted octanol–water partition coefficient (Wildman–Crippen LogP) is 2.46. The van der Waals surface area contributed by atoms with E-state index in [-0.39, 0.29) is 11.9 Å². The molecule has 1 aromatic heterocycles. The van der Waals surface area contributed by atoms with Crippen LogP contribution in [0.25, 0.3) is 0 Å². The Kier molecular flexibility index (Phi) is 3.81. The average molecular weight is 283 g/mol. The van der Waals surface area contributed by atoms with Gasteiger partial charge in [0.2, 0.25) is 0 Å². The summed E-state index contributed by atoms with van der Waals surface area (Å²) in [5.74, 6) is 0.768. The Morgan fingerprint density at radius 1 is 1.29 bits per heavy atom. The third-order valence-corrected chi connectivity index (χ3v) is 3.80. The number of rotatable bonds is 3. The molecule has 108 valence electrons. The molecule has 1 aliphatic rings. The standard InChI is InChI=1S/C16H17N3O2/c1-21-13-6-4-12(5-7-13)15-3-2-10-19(15)16(20)14-11-17-8-9-18-14/h4-9,11,15H,2-3,10H2,1H3. The number of methoxy groups -OCH3 is 1. The van der Waals surface area contributed by atoms with Crippen molar-refractivity contribution in [2.24, 2.45) is 0 Å². The Morgan fingerprint density at radius 3 is 2.76 bits per heavy atom. The molecule has 0 aliphatic carbocycles. The van der Waals surface area contributed by atoms with Crippen molar-refractivity contribution < 1.29 is 9.53 Å². The number of hydrogen-bond acceptors (Lipinski definition) is 4. The molecule has 0 N–H and O–H groups in total. The Bertz CT molecular complexity index is 613. The van der Waals surface area contributed by atoms with E-state index in [1.54, 1.807) is 19.5 Å². The van der Waals surface area contributed by atoms with Crippen LogP contribution in [-0.4, -0.2) is 34.4 Å². The average Bonchev–Trinajstić information content (AvgIpc) is 3.04. The van der Waals surface area contributed by atoms with Gasteiger partial charge in [0.15, 0.2) is 0 Å². The number of carbonyl (C=O) groups excluding carboxylic acids is 1. The van der Waals surface area contributed by atoms with Crippen LogP contribution in [-0.2, 0) is 0 Å². The molecule has 1 aliphatic heterocycles. The number of likely N-dealkylation sites (tertiary alicyclic amines) is 1. The third kappa shape index (κ3) is 2.72. The molecule has 2 aromatic rings. The van der Waals surface area contributed by atoms with Gasteiger partial charge < -0.3 is 9.64 Å². The van der Waals surface area contributed by atoms with Gasteiger partial charge in [0.1, 0.15) is 11.4 Å². The van der Waals surface area contributed by atoms with E-state index < -0.39 is 0 Å². The minimum Gasteiger partial charge on any atom is -0.497 e. The minimum atomic E-state index is -0.0542. The lowest BCUT2D eigenvalue weighted by molar-refractivity contribution is 0.0729. The Morgan fingerprint density at radius 2 is 2.10 bits per heavy atom. The molecule has 1 atom stereocenters. The van der Waals surface area contributed by atoms with Gasteiger partial charge in [0.25, 0.3) is 5.91 Å². The zero-order valence-electron chi connectivity index (χ0n) is 11.9. The fourth-order valence-electron chi connectivity index (χ4n) is 2.74. The van der Waals surface area contributed by atoms with E-state index in [9.17, 15) is 4.79 Å². The molecular formula is C16H17N3O2. The molecule has 5 nitrogen and oxygen atoms in total. The molecule has 1 aromatic carbocycles. The van der Waals surface area contributed by atoms with Gasteiger partial charge in [-0.3, -0.25) is 9.78 Å². The quantitative estimate of drug-likeness (QED) is 0.868. The number of nitrogens with zero attached hydrogens (tertiary/aromatic N) is 3. The van der Waals surface area contributed by atoms with Crippen LogP contribution in [0.3, 0.4) is 0 Å². The molecule has 1 fully saturated rings. The summed E-state index contributed by atoms with van der Waals surface area (Å²) >= 11 is 0. The zero-order chi connectivity index (χ0) is 14.7. The molecule has 21 heavy (non-hydrogen) atoms. The van der Waals surface area contributed by atoms with Crippen LogP contribution >= 0.6 is 0 Å². The van der Waals surface area contributed by atoms with Crippen LogP contribution in [0.5, 0.6) is 5.75 Å². The van der Waals surface area contributed by atoms with Crippen molar-refractivity contribution in [2.75, 3.05) is 13.7 Å². The molecule has 2 heterocycles. The molecule has 1 amide bonds. The number of carbonyl (C=O) groups is 1. The number of ether oxygens (including phenoxy) is 1. The summed E-state index contributed by atoms with van der Waals surface area (Å²) in [6.45, 7) is 0.756. The zero-order valence-corrected chi connectivity index (χ0v) is 11.9. The van der Waals surface area contributed by atoms with Gasteiger partial charge in [-0.2, -0.15) is 0 Å². The van der Waals surface area contributed by atoms with E-state index >= 15 is 0 Å². The fourth-order valence-corrected chi connectivity index (χ4v) is 2.74.